The van der Waals surface area contributed by atoms with Gasteiger partial charge in [-0.3, -0.25) is 0 Å². The Kier molecular flexibility index (Phi) is 2.87. The average Bonchev–Trinajstić information content (AvgIpc) is 2.29. The van der Waals surface area contributed by atoms with Gasteiger partial charge in [-0.2, -0.15) is 5.26 Å². The smallest absolute Gasteiger partial charge is 0.0962 e. The summed E-state index contributed by atoms with van der Waals surface area (Å²) in [6.07, 6.45) is 9.15. The Bertz CT molecular complexity index is 423. The summed E-state index contributed by atoms with van der Waals surface area (Å²) < 4.78 is 5.56. The van der Waals surface area contributed by atoms with E-state index in [2.05, 4.69) is 25.1 Å². The lowest BCUT2D eigenvalue weighted by molar-refractivity contribution is 0.203. The van der Waals surface area contributed by atoms with Crippen LogP contribution in [0.25, 0.3) is 0 Å². The number of nitriles is 1. The Morgan fingerprint density at radius 1 is 1.50 bits per heavy atom. The Morgan fingerprint density at radius 3 is 3.00 bits per heavy atom. The molecule has 2 heteroatoms. The normalized spacial score (nSPS) is 28.2. The summed E-state index contributed by atoms with van der Waals surface area (Å²) in [5.41, 5.74) is 2.09. The van der Waals surface area contributed by atoms with E-state index in [1.807, 2.05) is 13.0 Å². The summed E-state index contributed by atoms with van der Waals surface area (Å²) in [6.45, 7) is 4.88. The average molecular weight is 215 g/mol. The van der Waals surface area contributed by atoms with E-state index in [1.54, 1.807) is 0 Å². The number of allylic oxidation sites excluding steroid dienone is 6. The topological polar surface area (TPSA) is 33.0 Å². The number of rotatable bonds is 2. The molecule has 0 bridgehead atoms. The van der Waals surface area contributed by atoms with E-state index in [0.29, 0.717) is 0 Å². The summed E-state index contributed by atoms with van der Waals surface area (Å²) in [6, 6.07) is 2.34. The first-order chi connectivity index (χ1) is 7.70. The van der Waals surface area contributed by atoms with Crippen molar-refractivity contribution in [2.24, 2.45) is 5.41 Å². The second-order valence-corrected chi connectivity index (χ2v) is 4.50. The molecule has 0 N–H and O–H groups in total. The molecule has 0 amide bonds. The molecule has 0 aromatic heterocycles. The maximum Gasteiger partial charge on any atom is 0.0962 e. The zero-order chi connectivity index (χ0) is 11.6. The molecule has 0 aliphatic heterocycles. The molecule has 2 aliphatic carbocycles. The van der Waals surface area contributed by atoms with Crippen LogP contribution in [0.1, 0.15) is 33.1 Å². The fourth-order valence-electron chi connectivity index (χ4n) is 2.49. The maximum absolute atomic E-state index is 9.17. The van der Waals surface area contributed by atoms with Crippen LogP contribution in [-0.4, -0.2) is 6.61 Å². The number of hydrogen-bond donors (Lipinski definition) is 0. The summed E-state index contributed by atoms with van der Waals surface area (Å²) in [5.74, 6) is 1.06. The van der Waals surface area contributed by atoms with Gasteiger partial charge in [0.25, 0.3) is 0 Å². The van der Waals surface area contributed by atoms with Gasteiger partial charge >= 0.3 is 0 Å². The molecule has 0 aromatic carbocycles. The van der Waals surface area contributed by atoms with E-state index in [0.717, 1.165) is 37.2 Å². The van der Waals surface area contributed by atoms with Gasteiger partial charge in [0.15, 0.2) is 0 Å². The van der Waals surface area contributed by atoms with Crippen molar-refractivity contribution in [3.63, 3.8) is 0 Å². The number of nitrogens with zero attached hydrogens (tertiary/aromatic N) is 1. The summed E-state index contributed by atoms with van der Waals surface area (Å²) in [4.78, 5) is 0. The Hall–Kier alpha value is -1.49. The van der Waals surface area contributed by atoms with Crippen molar-refractivity contribution in [2.45, 2.75) is 33.1 Å². The van der Waals surface area contributed by atoms with Gasteiger partial charge in [-0.15, -0.1) is 0 Å². The minimum atomic E-state index is -0.0758. The predicted octanol–water partition coefficient (Wildman–Crippen LogP) is 3.49. The fraction of sp³-hybridized carbons (Fsp3) is 0.500. The lowest BCUT2D eigenvalue weighted by atomic mass is 9.67. The second-order valence-electron chi connectivity index (χ2n) is 4.50. The molecule has 0 radical (unpaired) electrons. The van der Waals surface area contributed by atoms with E-state index in [4.69, 9.17) is 10.00 Å². The second kappa shape index (κ2) is 4.17. The molecule has 1 atom stereocenters. The lowest BCUT2D eigenvalue weighted by Gasteiger charge is -2.36. The molecule has 0 spiro atoms. The molecule has 0 saturated heterocycles. The van der Waals surface area contributed by atoms with E-state index >= 15 is 0 Å². The van der Waals surface area contributed by atoms with Gasteiger partial charge in [0.1, 0.15) is 0 Å². The lowest BCUT2D eigenvalue weighted by Crippen LogP contribution is -2.26. The van der Waals surface area contributed by atoms with Gasteiger partial charge < -0.3 is 4.74 Å². The van der Waals surface area contributed by atoms with Crippen molar-refractivity contribution in [1.82, 2.24) is 0 Å². The van der Waals surface area contributed by atoms with Crippen molar-refractivity contribution >= 4 is 0 Å². The van der Waals surface area contributed by atoms with Gasteiger partial charge in [0, 0.05) is 17.4 Å². The molecule has 84 valence electrons. The molecule has 0 fully saturated rings. The minimum Gasteiger partial charge on any atom is -0.498 e. The predicted molar refractivity (Wildman–Crippen MR) is 63.4 cm³/mol. The quantitative estimate of drug-likeness (QED) is 0.706. The highest BCUT2D eigenvalue weighted by Crippen LogP contribution is 2.47. The highest BCUT2D eigenvalue weighted by atomic mass is 16.5. The number of hydrogen-bond acceptors (Lipinski definition) is 2. The van der Waals surface area contributed by atoms with E-state index in [-0.39, 0.29) is 5.41 Å². The fourth-order valence-corrected chi connectivity index (χ4v) is 2.49. The van der Waals surface area contributed by atoms with Crippen LogP contribution in [0.2, 0.25) is 0 Å². The standard InChI is InChI=1S/C14H17NO/c1-3-16-13-7-8-14(2)11(9-13)5-4-6-12(14)10-15/h5-6,9H,3-4,7-8H2,1-2H3. The molecule has 0 heterocycles. The van der Waals surface area contributed by atoms with Crippen LogP contribution in [-0.2, 0) is 4.74 Å². The largest absolute Gasteiger partial charge is 0.498 e. The van der Waals surface area contributed by atoms with Crippen LogP contribution < -0.4 is 0 Å². The van der Waals surface area contributed by atoms with Crippen molar-refractivity contribution in [3.8, 4) is 6.07 Å². The van der Waals surface area contributed by atoms with Crippen LogP contribution in [0.5, 0.6) is 0 Å². The summed E-state index contributed by atoms with van der Waals surface area (Å²) in [7, 11) is 0. The van der Waals surface area contributed by atoms with Crippen molar-refractivity contribution in [2.75, 3.05) is 6.61 Å². The molecular weight excluding hydrogens is 198 g/mol. The van der Waals surface area contributed by atoms with Crippen LogP contribution in [0.4, 0.5) is 0 Å². The SMILES string of the molecule is CCOC1=CC2=CCC=C(C#N)C2(C)CC1. The highest BCUT2D eigenvalue weighted by molar-refractivity contribution is 5.47. The van der Waals surface area contributed by atoms with Gasteiger partial charge in [-0.05, 0) is 31.4 Å². The van der Waals surface area contributed by atoms with Crippen LogP contribution in [0.3, 0.4) is 0 Å². The number of fused-ring (bicyclic) bond motifs is 1. The van der Waals surface area contributed by atoms with Crippen LogP contribution >= 0.6 is 0 Å². The van der Waals surface area contributed by atoms with Gasteiger partial charge in [0.2, 0.25) is 0 Å². The van der Waals surface area contributed by atoms with Gasteiger partial charge in [-0.25, -0.2) is 0 Å². The third-order valence-electron chi connectivity index (χ3n) is 3.53. The first kappa shape index (κ1) is 11.0. The van der Waals surface area contributed by atoms with E-state index < -0.39 is 0 Å². The first-order valence-corrected chi connectivity index (χ1v) is 5.85. The monoisotopic (exact) mass is 215 g/mol. The number of ether oxygens (including phenoxy) is 1. The molecule has 2 rings (SSSR count). The molecule has 2 aliphatic rings. The zero-order valence-electron chi connectivity index (χ0n) is 9.92. The summed E-state index contributed by atoms with van der Waals surface area (Å²) >= 11 is 0. The third-order valence-corrected chi connectivity index (χ3v) is 3.53. The van der Waals surface area contributed by atoms with Crippen molar-refractivity contribution in [3.05, 3.63) is 35.1 Å². The Labute approximate surface area is 96.9 Å². The van der Waals surface area contributed by atoms with Crippen molar-refractivity contribution in [1.29, 1.82) is 5.26 Å². The Morgan fingerprint density at radius 2 is 2.31 bits per heavy atom. The molecule has 0 aromatic rings. The molecule has 16 heavy (non-hydrogen) atoms. The van der Waals surface area contributed by atoms with Crippen LogP contribution in [0.15, 0.2) is 35.1 Å². The van der Waals surface area contributed by atoms with Crippen LogP contribution in [0, 0.1) is 16.7 Å². The van der Waals surface area contributed by atoms with E-state index in [9.17, 15) is 0 Å². The molecule has 2 nitrogen and oxygen atoms in total. The molecule has 0 saturated carbocycles. The minimum absolute atomic E-state index is 0.0758. The Balaban J connectivity index is 2.32. The summed E-state index contributed by atoms with van der Waals surface area (Å²) in [5, 5.41) is 9.17. The maximum atomic E-state index is 9.17. The zero-order valence-corrected chi connectivity index (χ0v) is 9.92. The van der Waals surface area contributed by atoms with Gasteiger partial charge in [-0.1, -0.05) is 19.1 Å². The van der Waals surface area contributed by atoms with E-state index in [1.165, 1.54) is 5.57 Å². The molecule has 1 unspecified atom stereocenters. The first-order valence-electron chi connectivity index (χ1n) is 5.85. The molecular formula is C14H17NO. The van der Waals surface area contributed by atoms with Gasteiger partial charge in [0.05, 0.1) is 18.4 Å². The van der Waals surface area contributed by atoms with Crippen molar-refractivity contribution < 1.29 is 4.74 Å². The highest BCUT2D eigenvalue weighted by Gasteiger charge is 2.36. The third kappa shape index (κ3) is 1.67.